The highest BCUT2D eigenvalue weighted by molar-refractivity contribution is 5.76. The average molecular weight is 231 g/mol. The van der Waals surface area contributed by atoms with Crippen LogP contribution in [0.15, 0.2) is 22.6 Å². The molecule has 0 aliphatic heterocycles. The second kappa shape index (κ2) is 4.17. The van der Waals surface area contributed by atoms with Gasteiger partial charge in [-0.05, 0) is 23.0 Å². The Labute approximate surface area is 103 Å². The van der Waals surface area contributed by atoms with E-state index in [4.69, 9.17) is 4.42 Å². The van der Waals surface area contributed by atoms with Crippen molar-refractivity contribution in [2.45, 2.75) is 47.0 Å². The van der Waals surface area contributed by atoms with Gasteiger partial charge in [-0.3, -0.25) is 0 Å². The molecule has 0 fully saturated rings. The highest BCUT2D eigenvalue weighted by atomic mass is 16.3. The molecule has 0 bridgehead atoms. The molecule has 0 N–H and O–H groups in total. The van der Waals surface area contributed by atoms with Crippen LogP contribution in [0.1, 0.15) is 52.0 Å². The Kier molecular flexibility index (Phi) is 2.98. The van der Waals surface area contributed by atoms with Crippen LogP contribution in [-0.4, -0.2) is 4.98 Å². The summed E-state index contributed by atoms with van der Waals surface area (Å²) in [5, 5.41) is 0. The van der Waals surface area contributed by atoms with Crippen molar-refractivity contribution in [2.75, 3.05) is 0 Å². The van der Waals surface area contributed by atoms with Crippen molar-refractivity contribution in [2.24, 2.45) is 5.41 Å². The first kappa shape index (κ1) is 12.2. The van der Waals surface area contributed by atoms with Crippen molar-refractivity contribution in [1.29, 1.82) is 0 Å². The minimum atomic E-state index is 0.207. The van der Waals surface area contributed by atoms with Crippen LogP contribution in [0.4, 0.5) is 0 Å². The van der Waals surface area contributed by atoms with Crippen LogP contribution >= 0.6 is 0 Å². The summed E-state index contributed by atoms with van der Waals surface area (Å²) in [5.41, 5.74) is 3.39. The van der Waals surface area contributed by atoms with Crippen molar-refractivity contribution in [3.63, 3.8) is 0 Å². The summed E-state index contributed by atoms with van der Waals surface area (Å²) < 4.78 is 5.93. The molecule has 1 aromatic heterocycles. The molecular formula is C15H21NO. The molecule has 92 valence electrons. The van der Waals surface area contributed by atoms with Gasteiger partial charge in [-0.2, -0.15) is 0 Å². The SMILES string of the molecule is CC(C)c1cccc2nc(CC(C)(C)C)oc12. The molecular weight excluding hydrogens is 210 g/mol. The van der Waals surface area contributed by atoms with Crippen molar-refractivity contribution >= 4 is 11.1 Å². The van der Waals surface area contributed by atoms with E-state index >= 15 is 0 Å². The van der Waals surface area contributed by atoms with Crippen LogP contribution in [0.5, 0.6) is 0 Å². The zero-order chi connectivity index (χ0) is 12.6. The lowest BCUT2D eigenvalue weighted by atomic mass is 9.92. The van der Waals surface area contributed by atoms with Crippen LogP contribution in [0.2, 0.25) is 0 Å². The van der Waals surface area contributed by atoms with Crippen LogP contribution < -0.4 is 0 Å². The maximum Gasteiger partial charge on any atom is 0.196 e. The van der Waals surface area contributed by atoms with Gasteiger partial charge in [0, 0.05) is 6.42 Å². The summed E-state index contributed by atoms with van der Waals surface area (Å²) in [7, 11) is 0. The fourth-order valence-corrected chi connectivity index (χ4v) is 2.00. The summed E-state index contributed by atoms with van der Waals surface area (Å²) >= 11 is 0. The lowest BCUT2D eigenvalue weighted by Gasteiger charge is -2.14. The minimum Gasteiger partial charge on any atom is -0.440 e. The predicted octanol–water partition coefficient (Wildman–Crippen LogP) is 4.54. The molecule has 2 aromatic rings. The second-order valence-corrected chi connectivity index (χ2v) is 6.20. The van der Waals surface area contributed by atoms with E-state index in [0.29, 0.717) is 5.92 Å². The van der Waals surface area contributed by atoms with E-state index in [1.807, 2.05) is 6.07 Å². The van der Waals surface area contributed by atoms with Crippen LogP contribution in [0.25, 0.3) is 11.1 Å². The summed E-state index contributed by atoms with van der Waals surface area (Å²) in [6.07, 6.45) is 0.874. The van der Waals surface area contributed by atoms with Gasteiger partial charge in [-0.1, -0.05) is 46.8 Å². The molecule has 0 saturated heterocycles. The normalized spacial score (nSPS) is 12.6. The quantitative estimate of drug-likeness (QED) is 0.758. The van der Waals surface area contributed by atoms with Crippen molar-refractivity contribution < 1.29 is 4.42 Å². The first-order valence-corrected chi connectivity index (χ1v) is 6.25. The van der Waals surface area contributed by atoms with Crippen molar-refractivity contribution in [3.05, 3.63) is 29.7 Å². The molecule has 0 unspecified atom stereocenters. The third-order valence-corrected chi connectivity index (χ3v) is 2.79. The number of rotatable bonds is 2. The van der Waals surface area contributed by atoms with Gasteiger partial charge < -0.3 is 4.42 Å². The van der Waals surface area contributed by atoms with E-state index in [-0.39, 0.29) is 5.41 Å². The largest absolute Gasteiger partial charge is 0.440 e. The number of benzene rings is 1. The predicted molar refractivity (Wildman–Crippen MR) is 71.3 cm³/mol. The molecule has 0 radical (unpaired) electrons. The maximum atomic E-state index is 5.93. The van der Waals surface area contributed by atoms with E-state index in [1.54, 1.807) is 0 Å². The van der Waals surface area contributed by atoms with E-state index in [0.717, 1.165) is 23.4 Å². The number of nitrogens with zero attached hydrogens (tertiary/aromatic N) is 1. The Morgan fingerprint density at radius 3 is 2.53 bits per heavy atom. The van der Waals surface area contributed by atoms with Gasteiger partial charge in [0.25, 0.3) is 0 Å². The van der Waals surface area contributed by atoms with E-state index in [9.17, 15) is 0 Å². The monoisotopic (exact) mass is 231 g/mol. The lowest BCUT2D eigenvalue weighted by Crippen LogP contribution is -2.09. The first-order valence-electron chi connectivity index (χ1n) is 6.25. The topological polar surface area (TPSA) is 26.0 Å². The van der Waals surface area contributed by atoms with Gasteiger partial charge >= 0.3 is 0 Å². The zero-order valence-corrected chi connectivity index (χ0v) is 11.4. The van der Waals surface area contributed by atoms with E-state index in [1.165, 1.54) is 5.56 Å². The number of para-hydroxylation sites is 1. The Morgan fingerprint density at radius 2 is 1.94 bits per heavy atom. The number of hydrogen-bond donors (Lipinski definition) is 0. The number of oxazole rings is 1. The van der Waals surface area contributed by atoms with E-state index < -0.39 is 0 Å². The molecule has 0 saturated carbocycles. The molecule has 2 nitrogen and oxygen atoms in total. The van der Waals surface area contributed by atoms with Crippen molar-refractivity contribution in [3.8, 4) is 0 Å². The highest BCUT2D eigenvalue weighted by Gasteiger charge is 2.17. The first-order chi connectivity index (χ1) is 7.87. The standard InChI is InChI=1S/C15H21NO/c1-10(2)11-7-6-8-12-14(11)17-13(16-12)9-15(3,4)5/h6-8,10H,9H2,1-5H3. The van der Waals surface area contributed by atoms with E-state index in [2.05, 4.69) is 51.7 Å². The Balaban J connectivity index is 2.47. The molecule has 0 atom stereocenters. The fraction of sp³-hybridized carbons (Fsp3) is 0.533. The molecule has 0 aliphatic carbocycles. The summed E-state index contributed by atoms with van der Waals surface area (Å²) in [5.74, 6) is 1.31. The van der Waals surface area contributed by atoms with Gasteiger partial charge in [0.15, 0.2) is 11.5 Å². The maximum absolute atomic E-state index is 5.93. The van der Waals surface area contributed by atoms with Crippen molar-refractivity contribution in [1.82, 2.24) is 4.98 Å². The molecule has 17 heavy (non-hydrogen) atoms. The molecule has 2 rings (SSSR count). The highest BCUT2D eigenvalue weighted by Crippen LogP contribution is 2.28. The Bertz CT molecular complexity index is 517. The third-order valence-electron chi connectivity index (χ3n) is 2.79. The molecule has 1 aromatic carbocycles. The second-order valence-electron chi connectivity index (χ2n) is 6.20. The fourth-order valence-electron chi connectivity index (χ4n) is 2.00. The zero-order valence-electron chi connectivity index (χ0n) is 11.4. The molecule has 1 heterocycles. The summed E-state index contributed by atoms with van der Waals surface area (Å²) in [6.45, 7) is 11.0. The molecule has 0 amide bonds. The van der Waals surface area contributed by atoms with Gasteiger partial charge in [0.05, 0.1) is 0 Å². The average Bonchev–Trinajstić information content (AvgIpc) is 2.55. The van der Waals surface area contributed by atoms with Gasteiger partial charge in [-0.25, -0.2) is 4.98 Å². The third kappa shape index (κ3) is 2.68. The van der Waals surface area contributed by atoms with Gasteiger partial charge in [0.2, 0.25) is 0 Å². The Hall–Kier alpha value is -1.31. The van der Waals surface area contributed by atoms with Gasteiger partial charge in [0.1, 0.15) is 5.52 Å². The Morgan fingerprint density at radius 1 is 1.24 bits per heavy atom. The minimum absolute atomic E-state index is 0.207. The number of hydrogen-bond acceptors (Lipinski definition) is 2. The van der Waals surface area contributed by atoms with Crippen LogP contribution in [-0.2, 0) is 6.42 Å². The number of fused-ring (bicyclic) bond motifs is 1. The molecule has 0 spiro atoms. The van der Waals surface area contributed by atoms with Crippen LogP contribution in [0.3, 0.4) is 0 Å². The summed E-state index contributed by atoms with van der Waals surface area (Å²) in [6, 6.07) is 6.21. The number of aromatic nitrogens is 1. The van der Waals surface area contributed by atoms with Crippen LogP contribution in [0, 0.1) is 5.41 Å². The van der Waals surface area contributed by atoms with Gasteiger partial charge in [-0.15, -0.1) is 0 Å². The lowest BCUT2D eigenvalue weighted by molar-refractivity contribution is 0.361. The molecule has 0 aliphatic rings. The summed E-state index contributed by atoms with van der Waals surface area (Å²) in [4.78, 5) is 4.57. The smallest absolute Gasteiger partial charge is 0.196 e. The molecule has 2 heteroatoms.